The molecule has 37 heavy (non-hydrogen) atoms. The number of benzene rings is 2. The number of hydrogen-bond donors (Lipinski definition) is 3. The summed E-state index contributed by atoms with van der Waals surface area (Å²) < 4.78 is 10.9. The monoisotopic (exact) mass is 502 g/mol. The maximum absolute atomic E-state index is 12.6. The van der Waals surface area contributed by atoms with Crippen LogP contribution in [0.3, 0.4) is 0 Å². The Kier molecular flexibility index (Phi) is 7.20. The molecule has 0 bridgehead atoms. The molecule has 3 N–H and O–H groups in total. The molecule has 190 valence electrons. The number of carbonyl (C=O) groups is 2. The van der Waals surface area contributed by atoms with Crippen LogP contribution in [0.25, 0.3) is 0 Å². The summed E-state index contributed by atoms with van der Waals surface area (Å²) in [4.78, 5) is 23.5. The molecule has 2 aromatic carbocycles. The van der Waals surface area contributed by atoms with Gasteiger partial charge in [-0.2, -0.15) is 0 Å². The molecule has 1 fully saturated rings. The zero-order valence-electron chi connectivity index (χ0n) is 20.0. The molecule has 0 aliphatic heterocycles. The minimum atomic E-state index is -0.727. The molecule has 11 heteroatoms. The Labute approximate surface area is 212 Å². The highest BCUT2D eigenvalue weighted by molar-refractivity contribution is 6.00. The second kappa shape index (κ2) is 11.0. The van der Waals surface area contributed by atoms with E-state index < -0.39 is 11.9 Å². The van der Waals surface area contributed by atoms with Crippen LogP contribution < -0.4 is 10.6 Å². The van der Waals surface area contributed by atoms with E-state index in [0.717, 1.165) is 31.2 Å². The summed E-state index contributed by atoms with van der Waals surface area (Å²) in [7, 11) is 0. The molecular weight excluding hydrogens is 476 g/mol. The second-order valence-electron chi connectivity index (χ2n) is 9.09. The Bertz CT molecular complexity index is 1340. The van der Waals surface area contributed by atoms with Gasteiger partial charge in [-0.3, -0.25) is 14.9 Å². The van der Waals surface area contributed by atoms with Gasteiger partial charge in [-0.1, -0.05) is 52.7 Å². The molecule has 1 amide bonds. The lowest BCUT2D eigenvalue weighted by Crippen LogP contribution is -2.16. The first-order valence-corrected chi connectivity index (χ1v) is 12.1. The molecule has 2 aromatic heterocycles. The van der Waals surface area contributed by atoms with Gasteiger partial charge in [0.05, 0.1) is 6.42 Å². The topological polar surface area (TPSA) is 156 Å². The fourth-order valence-electron chi connectivity index (χ4n) is 4.57. The summed E-state index contributed by atoms with van der Waals surface area (Å²) in [6.45, 7) is 0. The third kappa shape index (κ3) is 6.37. The van der Waals surface area contributed by atoms with Crippen LogP contribution in [0.15, 0.2) is 63.4 Å². The van der Waals surface area contributed by atoms with Crippen molar-refractivity contribution in [3.8, 4) is 0 Å². The van der Waals surface area contributed by atoms with Crippen molar-refractivity contribution in [3.05, 3.63) is 77.5 Å². The van der Waals surface area contributed by atoms with Crippen LogP contribution in [0.4, 0.5) is 17.7 Å². The van der Waals surface area contributed by atoms with E-state index in [1.54, 1.807) is 0 Å². The Morgan fingerprint density at radius 3 is 2.30 bits per heavy atom. The Hall–Kier alpha value is -4.54. The number of carboxylic acids is 1. The van der Waals surface area contributed by atoms with Gasteiger partial charge in [-0.15, -0.1) is 10.2 Å². The van der Waals surface area contributed by atoms with Crippen molar-refractivity contribution in [3.63, 3.8) is 0 Å². The van der Waals surface area contributed by atoms with E-state index in [1.807, 2.05) is 54.6 Å². The van der Waals surface area contributed by atoms with Crippen LogP contribution in [0.2, 0.25) is 0 Å². The third-order valence-corrected chi connectivity index (χ3v) is 6.45. The van der Waals surface area contributed by atoms with Crippen molar-refractivity contribution in [1.29, 1.82) is 0 Å². The van der Waals surface area contributed by atoms with Crippen molar-refractivity contribution >= 4 is 29.6 Å². The summed E-state index contributed by atoms with van der Waals surface area (Å²) in [5.41, 5.74) is 2.82. The van der Waals surface area contributed by atoms with Crippen LogP contribution >= 0.6 is 0 Å². The molecule has 0 saturated heterocycles. The highest BCUT2D eigenvalue weighted by Gasteiger charge is 2.24. The molecule has 2 heterocycles. The molecule has 5 rings (SSSR count). The molecule has 1 aliphatic carbocycles. The van der Waals surface area contributed by atoms with Crippen LogP contribution in [0.1, 0.15) is 65.7 Å². The van der Waals surface area contributed by atoms with Crippen molar-refractivity contribution in [1.82, 2.24) is 20.4 Å². The zero-order valence-corrected chi connectivity index (χ0v) is 20.0. The van der Waals surface area contributed by atoms with Crippen molar-refractivity contribution in [2.75, 3.05) is 10.6 Å². The number of nitrogens with one attached hydrogen (secondary N) is 2. The van der Waals surface area contributed by atoms with Gasteiger partial charge in [0.15, 0.2) is 0 Å². The third-order valence-electron chi connectivity index (χ3n) is 6.45. The number of amides is 1. The second-order valence-corrected chi connectivity index (χ2v) is 9.09. The normalized spacial score (nSPS) is 17.3. The zero-order chi connectivity index (χ0) is 25.6. The van der Waals surface area contributed by atoms with E-state index in [0.29, 0.717) is 23.9 Å². The maximum atomic E-state index is 12.6. The Balaban J connectivity index is 1.13. The average Bonchev–Trinajstić information content (AvgIpc) is 3.55. The molecule has 1 saturated carbocycles. The molecule has 0 spiro atoms. The lowest BCUT2D eigenvalue weighted by atomic mass is 9.77. The maximum Gasteiger partial charge on any atom is 0.324 e. The number of aliphatic carboxylic acids is 1. The number of carboxylic acid groups (broad SMARTS) is 1. The predicted octanol–water partition coefficient (Wildman–Crippen LogP) is 4.79. The van der Waals surface area contributed by atoms with Gasteiger partial charge >= 0.3 is 29.8 Å². The molecule has 0 atom stereocenters. The quantitative estimate of drug-likeness (QED) is 0.291. The van der Waals surface area contributed by atoms with Crippen LogP contribution in [0.5, 0.6) is 0 Å². The van der Waals surface area contributed by atoms with E-state index in [4.69, 9.17) is 13.9 Å². The Morgan fingerprint density at radius 2 is 1.57 bits per heavy atom. The first-order chi connectivity index (χ1) is 18.0. The SMILES string of the molecule is O=C(O)CC1CCC(c2ccc(NC(=O)c3nnc(Nc4nnc(Cc5ccccc5)o4)o3)cc2)CC1. The van der Waals surface area contributed by atoms with Gasteiger partial charge in [0.2, 0.25) is 5.89 Å². The van der Waals surface area contributed by atoms with E-state index in [-0.39, 0.29) is 30.3 Å². The van der Waals surface area contributed by atoms with E-state index in [1.165, 1.54) is 5.56 Å². The smallest absolute Gasteiger partial charge is 0.324 e. The van der Waals surface area contributed by atoms with Crippen molar-refractivity contribution in [2.45, 2.75) is 44.4 Å². The molecule has 0 unspecified atom stereocenters. The van der Waals surface area contributed by atoms with E-state index in [2.05, 4.69) is 31.0 Å². The first-order valence-electron chi connectivity index (χ1n) is 12.1. The molecule has 0 radical (unpaired) electrons. The number of aromatic nitrogens is 4. The molecule has 11 nitrogen and oxygen atoms in total. The lowest BCUT2D eigenvalue weighted by molar-refractivity contribution is -0.138. The predicted molar refractivity (Wildman–Crippen MR) is 132 cm³/mol. The summed E-state index contributed by atoms with van der Waals surface area (Å²) in [6, 6.07) is 17.4. The highest BCUT2D eigenvalue weighted by Crippen LogP contribution is 2.37. The lowest BCUT2D eigenvalue weighted by Gasteiger charge is -2.28. The van der Waals surface area contributed by atoms with Gasteiger partial charge in [0.1, 0.15) is 0 Å². The van der Waals surface area contributed by atoms with Crippen molar-refractivity contribution < 1.29 is 23.5 Å². The van der Waals surface area contributed by atoms with Gasteiger partial charge in [0, 0.05) is 12.1 Å². The summed E-state index contributed by atoms with van der Waals surface area (Å²) in [5.74, 6) is -0.405. The minimum Gasteiger partial charge on any atom is -0.481 e. The van der Waals surface area contributed by atoms with Gasteiger partial charge in [-0.05, 0) is 60.8 Å². The van der Waals surface area contributed by atoms with E-state index in [9.17, 15) is 9.59 Å². The fourth-order valence-corrected chi connectivity index (χ4v) is 4.57. The number of nitrogens with zero attached hydrogens (tertiary/aromatic N) is 4. The first kappa shape index (κ1) is 24.2. The molecular formula is C26H26N6O5. The standard InChI is InChI=1S/C26H26N6O5/c33-22(34)15-17-6-8-18(9-7-17)19-10-12-20(13-11-19)27-23(35)24-30-32-26(37-24)28-25-31-29-21(36-25)14-16-4-2-1-3-5-16/h1-5,10-13,17-18H,6-9,14-15H2,(H,27,35)(H,33,34)(H,28,31,32). The number of hydrogen-bond acceptors (Lipinski definition) is 9. The van der Waals surface area contributed by atoms with Gasteiger partial charge in [-0.25, -0.2) is 0 Å². The van der Waals surface area contributed by atoms with Crippen LogP contribution in [-0.2, 0) is 11.2 Å². The van der Waals surface area contributed by atoms with Crippen LogP contribution in [0, 0.1) is 5.92 Å². The Morgan fingerprint density at radius 1 is 0.865 bits per heavy atom. The summed E-state index contributed by atoms with van der Waals surface area (Å²) in [6.07, 6.45) is 4.50. The fraction of sp³-hybridized carbons (Fsp3) is 0.308. The number of anilines is 3. The van der Waals surface area contributed by atoms with Crippen molar-refractivity contribution in [2.24, 2.45) is 5.92 Å². The van der Waals surface area contributed by atoms with E-state index >= 15 is 0 Å². The highest BCUT2D eigenvalue weighted by atomic mass is 16.4. The summed E-state index contributed by atoms with van der Waals surface area (Å²) >= 11 is 0. The largest absolute Gasteiger partial charge is 0.481 e. The minimum absolute atomic E-state index is 0.0473. The summed E-state index contributed by atoms with van der Waals surface area (Å²) in [5, 5.41) is 29.9. The van der Waals surface area contributed by atoms with Gasteiger partial charge < -0.3 is 19.3 Å². The number of carbonyl (C=O) groups excluding carboxylic acids is 1. The number of rotatable bonds is 9. The van der Waals surface area contributed by atoms with Gasteiger partial charge in [0.25, 0.3) is 0 Å². The molecule has 4 aromatic rings. The average molecular weight is 503 g/mol. The molecule has 1 aliphatic rings. The van der Waals surface area contributed by atoms with Crippen LogP contribution in [-0.4, -0.2) is 37.4 Å².